The summed E-state index contributed by atoms with van der Waals surface area (Å²) in [5.41, 5.74) is 0.524. The normalized spacial score (nSPS) is 19.2. The molecule has 94 valence electrons. The number of benzene rings is 1. The summed E-state index contributed by atoms with van der Waals surface area (Å²) in [6.45, 7) is 1.69. The van der Waals surface area contributed by atoms with Gasteiger partial charge in [0.2, 0.25) is 5.91 Å². The molecule has 1 unspecified atom stereocenters. The standard InChI is InChI=1S/C12H15FN2O.ClH/c13-10-4-1-5-11(7-10)15-12(16)9-3-2-6-14-8-9;/h1,4-5,7,9,14H,2-3,6,8H2,(H,15,16);1H. The van der Waals surface area contributed by atoms with Crippen molar-refractivity contribution in [2.45, 2.75) is 12.8 Å². The van der Waals surface area contributed by atoms with Crippen LogP contribution in [0, 0.1) is 11.7 Å². The van der Waals surface area contributed by atoms with Crippen LogP contribution in [0.1, 0.15) is 12.8 Å². The molecule has 2 N–H and O–H groups in total. The third-order valence-electron chi connectivity index (χ3n) is 2.76. The summed E-state index contributed by atoms with van der Waals surface area (Å²) in [4.78, 5) is 11.8. The predicted molar refractivity (Wildman–Crippen MR) is 67.9 cm³/mol. The third-order valence-corrected chi connectivity index (χ3v) is 2.76. The zero-order valence-electron chi connectivity index (χ0n) is 9.41. The Labute approximate surface area is 106 Å². The maximum Gasteiger partial charge on any atom is 0.228 e. The second-order valence-electron chi connectivity index (χ2n) is 4.04. The Morgan fingerprint density at radius 3 is 2.94 bits per heavy atom. The van der Waals surface area contributed by atoms with Crippen LogP contribution in [0.4, 0.5) is 10.1 Å². The molecular weight excluding hydrogens is 243 g/mol. The van der Waals surface area contributed by atoms with E-state index in [-0.39, 0.29) is 30.0 Å². The molecule has 0 radical (unpaired) electrons. The fraction of sp³-hybridized carbons (Fsp3) is 0.417. The van der Waals surface area contributed by atoms with E-state index in [2.05, 4.69) is 10.6 Å². The van der Waals surface area contributed by atoms with E-state index in [1.165, 1.54) is 12.1 Å². The van der Waals surface area contributed by atoms with E-state index in [0.717, 1.165) is 19.4 Å². The van der Waals surface area contributed by atoms with Crippen LogP contribution < -0.4 is 10.6 Å². The van der Waals surface area contributed by atoms with Crippen molar-refractivity contribution in [3.8, 4) is 0 Å². The fourth-order valence-corrected chi connectivity index (χ4v) is 1.89. The first-order valence-electron chi connectivity index (χ1n) is 5.53. The molecule has 1 atom stereocenters. The zero-order chi connectivity index (χ0) is 11.4. The van der Waals surface area contributed by atoms with Gasteiger partial charge >= 0.3 is 0 Å². The van der Waals surface area contributed by atoms with Gasteiger partial charge in [-0.3, -0.25) is 4.79 Å². The number of rotatable bonds is 2. The van der Waals surface area contributed by atoms with E-state index in [4.69, 9.17) is 0 Å². The fourth-order valence-electron chi connectivity index (χ4n) is 1.89. The van der Waals surface area contributed by atoms with E-state index in [0.29, 0.717) is 12.2 Å². The van der Waals surface area contributed by atoms with Crippen molar-refractivity contribution in [2.24, 2.45) is 5.92 Å². The molecule has 3 nitrogen and oxygen atoms in total. The van der Waals surface area contributed by atoms with Crippen LogP contribution >= 0.6 is 12.4 Å². The molecule has 0 aliphatic carbocycles. The van der Waals surface area contributed by atoms with Crippen molar-refractivity contribution in [3.63, 3.8) is 0 Å². The van der Waals surface area contributed by atoms with Gasteiger partial charge in [0, 0.05) is 12.2 Å². The van der Waals surface area contributed by atoms with Gasteiger partial charge in [0.05, 0.1) is 5.92 Å². The second kappa shape index (κ2) is 6.57. The summed E-state index contributed by atoms with van der Waals surface area (Å²) < 4.78 is 12.9. The molecule has 0 bridgehead atoms. The lowest BCUT2D eigenvalue weighted by molar-refractivity contribution is -0.120. The minimum absolute atomic E-state index is 0. The Hall–Kier alpha value is -1.13. The first-order valence-corrected chi connectivity index (χ1v) is 5.53. The Balaban J connectivity index is 0.00000144. The number of anilines is 1. The maximum atomic E-state index is 12.9. The summed E-state index contributed by atoms with van der Waals surface area (Å²) in [5.74, 6) is -0.366. The van der Waals surface area contributed by atoms with Crippen LogP contribution in [0.25, 0.3) is 0 Å². The summed E-state index contributed by atoms with van der Waals surface area (Å²) in [6, 6.07) is 5.97. The third kappa shape index (κ3) is 3.98. The van der Waals surface area contributed by atoms with Crippen LogP contribution in [0.5, 0.6) is 0 Å². The van der Waals surface area contributed by atoms with Crippen LogP contribution in [-0.2, 0) is 4.79 Å². The van der Waals surface area contributed by atoms with Crippen molar-refractivity contribution in [2.75, 3.05) is 18.4 Å². The Kier molecular flexibility index (Phi) is 5.38. The first kappa shape index (κ1) is 13.9. The maximum absolute atomic E-state index is 12.9. The van der Waals surface area contributed by atoms with Crippen molar-refractivity contribution in [1.29, 1.82) is 0 Å². The SMILES string of the molecule is Cl.O=C(Nc1cccc(F)c1)C1CCCNC1. The van der Waals surface area contributed by atoms with Gasteiger partial charge in [-0.1, -0.05) is 6.07 Å². The van der Waals surface area contributed by atoms with Gasteiger partial charge < -0.3 is 10.6 Å². The monoisotopic (exact) mass is 258 g/mol. The van der Waals surface area contributed by atoms with Crippen LogP contribution in [0.2, 0.25) is 0 Å². The molecule has 1 heterocycles. The highest BCUT2D eigenvalue weighted by molar-refractivity contribution is 5.92. The molecular formula is C12H16ClFN2O. The summed E-state index contributed by atoms with van der Waals surface area (Å²) >= 11 is 0. The number of hydrogen-bond donors (Lipinski definition) is 2. The van der Waals surface area contributed by atoms with Crippen LogP contribution in [0.3, 0.4) is 0 Å². The molecule has 1 aliphatic rings. The molecule has 0 saturated carbocycles. The van der Waals surface area contributed by atoms with Gasteiger partial charge in [-0.05, 0) is 37.6 Å². The molecule has 5 heteroatoms. The topological polar surface area (TPSA) is 41.1 Å². The molecule has 1 amide bonds. The zero-order valence-corrected chi connectivity index (χ0v) is 10.2. The quantitative estimate of drug-likeness (QED) is 0.854. The van der Waals surface area contributed by atoms with E-state index >= 15 is 0 Å². The summed E-state index contributed by atoms with van der Waals surface area (Å²) in [6.07, 6.45) is 1.91. The van der Waals surface area contributed by atoms with Crippen molar-refractivity contribution in [1.82, 2.24) is 5.32 Å². The minimum Gasteiger partial charge on any atom is -0.326 e. The van der Waals surface area contributed by atoms with Crippen LogP contribution in [0.15, 0.2) is 24.3 Å². The predicted octanol–water partition coefficient (Wildman–Crippen LogP) is 2.19. The highest BCUT2D eigenvalue weighted by atomic mass is 35.5. The Morgan fingerprint density at radius 1 is 1.47 bits per heavy atom. The molecule has 0 aromatic heterocycles. The smallest absolute Gasteiger partial charge is 0.228 e. The molecule has 1 aromatic carbocycles. The number of piperidine rings is 1. The molecule has 1 fully saturated rings. The van der Waals surface area contributed by atoms with Gasteiger partial charge in [-0.25, -0.2) is 4.39 Å². The average molecular weight is 259 g/mol. The minimum atomic E-state index is -0.334. The van der Waals surface area contributed by atoms with E-state index in [1.54, 1.807) is 12.1 Å². The van der Waals surface area contributed by atoms with Crippen molar-refractivity contribution in [3.05, 3.63) is 30.1 Å². The van der Waals surface area contributed by atoms with Crippen molar-refractivity contribution >= 4 is 24.0 Å². The highest BCUT2D eigenvalue weighted by Gasteiger charge is 2.20. The summed E-state index contributed by atoms with van der Waals surface area (Å²) in [5, 5.41) is 5.91. The van der Waals surface area contributed by atoms with E-state index in [1.807, 2.05) is 0 Å². The second-order valence-corrected chi connectivity index (χ2v) is 4.04. The average Bonchev–Trinajstić information content (AvgIpc) is 2.30. The Bertz CT molecular complexity index is 381. The lowest BCUT2D eigenvalue weighted by Crippen LogP contribution is -2.37. The number of hydrogen-bond acceptors (Lipinski definition) is 2. The molecule has 1 aliphatic heterocycles. The molecule has 1 saturated heterocycles. The van der Waals surface area contributed by atoms with E-state index < -0.39 is 0 Å². The first-order chi connectivity index (χ1) is 7.75. The number of nitrogens with one attached hydrogen (secondary N) is 2. The van der Waals surface area contributed by atoms with Crippen LogP contribution in [-0.4, -0.2) is 19.0 Å². The number of carbonyl (C=O) groups excluding carboxylic acids is 1. The largest absolute Gasteiger partial charge is 0.326 e. The van der Waals surface area contributed by atoms with Crippen molar-refractivity contribution < 1.29 is 9.18 Å². The van der Waals surface area contributed by atoms with Gasteiger partial charge in [0.25, 0.3) is 0 Å². The molecule has 1 aromatic rings. The molecule has 2 rings (SSSR count). The lowest BCUT2D eigenvalue weighted by Gasteiger charge is -2.21. The molecule has 17 heavy (non-hydrogen) atoms. The highest BCUT2D eigenvalue weighted by Crippen LogP contribution is 2.14. The van der Waals surface area contributed by atoms with Gasteiger partial charge in [-0.2, -0.15) is 0 Å². The molecule has 0 spiro atoms. The van der Waals surface area contributed by atoms with Gasteiger partial charge in [0.15, 0.2) is 0 Å². The summed E-state index contributed by atoms with van der Waals surface area (Å²) in [7, 11) is 0. The lowest BCUT2D eigenvalue weighted by atomic mass is 9.99. The number of carbonyl (C=O) groups is 1. The van der Waals surface area contributed by atoms with Gasteiger partial charge in [-0.15, -0.1) is 12.4 Å². The number of halogens is 2. The Morgan fingerprint density at radius 2 is 2.29 bits per heavy atom. The van der Waals surface area contributed by atoms with E-state index in [9.17, 15) is 9.18 Å². The van der Waals surface area contributed by atoms with Gasteiger partial charge in [0.1, 0.15) is 5.82 Å². The number of amides is 1.